The summed E-state index contributed by atoms with van der Waals surface area (Å²) >= 11 is 0. The van der Waals surface area contributed by atoms with E-state index in [4.69, 9.17) is 0 Å². The summed E-state index contributed by atoms with van der Waals surface area (Å²) in [5.74, 6) is 1.58. The lowest BCUT2D eigenvalue weighted by atomic mass is 10.1. The zero-order chi connectivity index (χ0) is 18.4. The van der Waals surface area contributed by atoms with E-state index in [1.807, 2.05) is 17.9 Å². The van der Waals surface area contributed by atoms with Crippen LogP contribution in [0.3, 0.4) is 0 Å². The van der Waals surface area contributed by atoms with Gasteiger partial charge in [-0.25, -0.2) is 4.98 Å². The minimum absolute atomic E-state index is 0.0193. The van der Waals surface area contributed by atoms with Crippen molar-refractivity contribution in [3.05, 3.63) is 35.0 Å². The molecule has 3 aromatic heterocycles. The van der Waals surface area contributed by atoms with Crippen molar-refractivity contribution < 1.29 is 4.79 Å². The molecule has 0 saturated carbocycles. The summed E-state index contributed by atoms with van der Waals surface area (Å²) in [7, 11) is 0. The maximum absolute atomic E-state index is 13.0. The second kappa shape index (κ2) is 6.31. The van der Waals surface area contributed by atoms with Crippen molar-refractivity contribution in [2.75, 3.05) is 37.6 Å². The third kappa shape index (κ3) is 2.72. The lowest BCUT2D eigenvalue weighted by molar-refractivity contribution is 0.0739. The Hall–Kier alpha value is -3.01. The summed E-state index contributed by atoms with van der Waals surface area (Å²) in [6.07, 6.45) is 2.36. The highest BCUT2D eigenvalue weighted by Crippen LogP contribution is 2.21. The van der Waals surface area contributed by atoms with Gasteiger partial charge in [0.25, 0.3) is 11.7 Å². The molecule has 0 aromatic carbocycles. The number of carbonyl (C=O) groups excluding carboxylic acids is 1. The normalized spacial score (nSPS) is 17.4. The molecule has 1 fully saturated rings. The Balaban J connectivity index is 1.33. The lowest BCUT2D eigenvalue weighted by Crippen LogP contribution is -2.49. The van der Waals surface area contributed by atoms with E-state index in [2.05, 4.69) is 35.5 Å². The average Bonchev–Trinajstić information content (AvgIpc) is 3.33. The number of H-pyrrole nitrogens is 1. The van der Waals surface area contributed by atoms with Crippen molar-refractivity contribution in [2.45, 2.75) is 19.9 Å². The molecule has 5 heterocycles. The minimum Gasteiger partial charge on any atom is -0.353 e. The van der Waals surface area contributed by atoms with Crippen LogP contribution in [0.15, 0.2) is 12.4 Å². The maximum atomic E-state index is 13.0. The van der Waals surface area contributed by atoms with Gasteiger partial charge in [-0.2, -0.15) is 19.7 Å². The molecule has 140 valence electrons. The summed E-state index contributed by atoms with van der Waals surface area (Å²) in [6.45, 7) is 6.35. The number of rotatable bonds is 2. The van der Waals surface area contributed by atoms with Crippen LogP contribution in [0, 0.1) is 6.92 Å². The molecular weight excluding hydrogens is 346 g/mol. The molecule has 0 bridgehead atoms. The van der Waals surface area contributed by atoms with Gasteiger partial charge >= 0.3 is 0 Å². The van der Waals surface area contributed by atoms with Crippen LogP contribution in [0.25, 0.3) is 5.78 Å². The Morgan fingerprint density at radius 3 is 2.93 bits per heavy atom. The highest BCUT2D eigenvalue weighted by molar-refractivity contribution is 5.94. The quantitative estimate of drug-likeness (QED) is 0.644. The third-order valence-electron chi connectivity index (χ3n) is 5.26. The van der Waals surface area contributed by atoms with Crippen molar-refractivity contribution in [1.82, 2.24) is 40.0 Å². The van der Waals surface area contributed by atoms with Crippen LogP contribution < -0.4 is 10.2 Å². The number of hydrogen-bond donors (Lipinski definition) is 2. The molecule has 2 aliphatic heterocycles. The average molecular weight is 367 g/mol. The Bertz CT molecular complexity index is 999. The molecule has 1 amide bonds. The molecule has 27 heavy (non-hydrogen) atoms. The fourth-order valence-corrected chi connectivity index (χ4v) is 3.85. The molecular formula is C17H21N9O. The Labute approximate surface area is 155 Å². The van der Waals surface area contributed by atoms with E-state index in [0.29, 0.717) is 24.6 Å². The van der Waals surface area contributed by atoms with E-state index in [0.717, 1.165) is 55.4 Å². The standard InChI is InChI=1S/C17H21N9O/c1-11-8-14(26-17(21-11)19-10-20-26)24-4-6-25(7-5-24)16(27)15-12-2-3-18-9-13(12)22-23-15/h8,10,18H,2-7,9H2,1H3,(H,22,23). The first-order valence-corrected chi connectivity index (χ1v) is 9.19. The fraction of sp³-hybridized carbons (Fsp3) is 0.471. The SMILES string of the molecule is Cc1cc(N2CCN(C(=O)c3n[nH]c4c3CCNC4)CC2)n2ncnc2n1. The van der Waals surface area contributed by atoms with Gasteiger partial charge in [0, 0.05) is 50.0 Å². The number of aromatic nitrogens is 6. The number of amides is 1. The van der Waals surface area contributed by atoms with Crippen LogP contribution in [-0.4, -0.2) is 73.3 Å². The lowest BCUT2D eigenvalue weighted by Gasteiger charge is -2.35. The Kier molecular flexibility index (Phi) is 3.78. The Morgan fingerprint density at radius 1 is 1.22 bits per heavy atom. The predicted octanol–water partition coefficient (Wildman–Crippen LogP) is -0.236. The molecule has 2 aliphatic rings. The van der Waals surface area contributed by atoms with Crippen LogP contribution in [-0.2, 0) is 13.0 Å². The van der Waals surface area contributed by atoms with Crippen molar-refractivity contribution >= 4 is 17.5 Å². The van der Waals surface area contributed by atoms with Crippen molar-refractivity contribution in [3.63, 3.8) is 0 Å². The van der Waals surface area contributed by atoms with E-state index < -0.39 is 0 Å². The number of nitrogens with zero attached hydrogens (tertiary/aromatic N) is 7. The molecule has 10 nitrogen and oxygen atoms in total. The highest BCUT2D eigenvalue weighted by Gasteiger charge is 2.28. The van der Waals surface area contributed by atoms with Crippen LogP contribution in [0.2, 0.25) is 0 Å². The first-order chi connectivity index (χ1) is 13.2. The maximum Gasteiger partial charge on any atom is 0.274 e. The minimum atomic E-state index is 0.0193. The molecule has 3 aromatic rings. The number of nitrogens with one attached hydrogen (secondary N) is 2. The van der Waals surface area contributed by atoms with Crippen LogP contribution in [0.4, 0.5) is 5.82 Å². The van der Waals surface area contributed by atoms with Gasteiger partial charge in [-0.15, -0.1) is 0 Å². The van der Waals surface area contributed by atoms with Gasteiger partial charge < -0.3 is 15.1 Å². The van der Waals surface area contributed by atoms with E-state index >= 15 is 0 Å². The van der Waals surface area contributed by atoms with Gasteiger partial charge in [0.1, 0.15) is 12.1 Å². The van der Waals surface area contributed by atoms with Crippen LogP contribution in [0.5, 0.6) is 0 Å². The molecule has 10 heteroatoms. The van der Waals surface area contributed by atoms with E-state index in [1.54, 1.807) is 4.52 Å². The van der Waals surface area contributed by atoms with Gasteiger partial charge in [0.05, 0.1) is 5.69 Å². The van der Waals surface area contributed by atoms with Crippen molar-refractivity contribution in [1.29, 1.82) is 0 Å². The molecule has 1 saturated heterocycles. The zero-order valence-corrected chi connectivity index (χ0v) is 15.1. The van der Waals surface area contributed by atoms with Gasteiger partial charge in [0.15, 0.2) is 5.69 Å². The number of piperazine rings is 1. The predicted molar refractivity (Wildman–Crippen MR) is 97.6 cm³/mol. The van der Waals surface area contributed by atoms with Crippen LogP contribution in [0.1, 0.15) is 27.4 Å². The number of aromatic amines is 1. The molecule has 0 aliphatic carbocycles. The second-order valence-electron chi connectivity index (χ2n) is 6.96. The van der Waals surface area contributed by atoms with E-state index in [1.165, 1.54) is 6.33 Å². The summed E-state index contributed by atoms with van der Waals surface area (Å²) in [5.41, 5.74) is 3.58. The van der Waals surface area contributed by atoms with Gasteiger partial charge in [-0.3, -0.25) is 9.89 Å². The molecule has 0 unspecified atom stereocenters. The number of carbonyl (C=O) groups is 1. The van der Waals surface area contributed by atoms with E-state index in [-0.39, 0.29) is 5.91 Å². The molecule has 0 atom stereocenters. The number of fused-ring (bicyclic) bond motifs is 2. The molecule has 0 spiro atoms. The largest absolute Gasteiger partial charge is 0.353 e. The monoisotopic (exact) mass is 367 g/mol. The highest BCUT2D eigenvalue weighted by atomic mass is 16.2. The first kappa shape index (κ1) is 16.2. The van der Waals surface area contributed by atoms with E-state index in [9.17, 15) is 4.79 Å². The summed E-state index contributed by atoms with van der Waals surface area (Å²) in [4.78, 5) is 25.7. The zero-order valence-electron chi connectivity index (χ0n) is 15.1. The first-order valence-electron chi connectivity index (χ1n) is 9.19. The summed E-state index contributed by atoms with van der Waals surface area (Å²) in [5, 5.41) is 14.9. The smallest absolute Gasteiger partial charge is 0.274 e. The molecule has 2 N–H and O–H groups in total. The Morgan fingerprint density at radius 2 is 2.07 bits per heavy atom. The molecule has 5 rings (SSSR count). The number of anilines is 1. The fourth-order valence-electron chi connectivity index (χ4n) is 3.85. The number of aryl methyl sites for hydroxylation is 1. The van der Waals surface area contributed by atoms with Gasteiger partial charge in [0.2, 0.25) is 0 Å². The topological polar surface area (TPSA) is 107 Å². The summed E-state index contributed by atoms with van der Waals surface area (Å²) < 4.78 is 1.75. The third-order valence-corrected chi connectivity index (χ3v) is 5.26. The van der Waals surface area contributed by atoms with Gasteiger partial charge in [-0.1, -0.05) is 0 Å². The second-order valence-corrected chi connectivity index (χ2v) is 6.96. The molecule has 0 radical (unpaired) electrons. The number of hydrogen-bond acceptors (Lipinski definition) is 7. The summed E-state index contributed by atoms with van der Waals surface area (Å²) in [6, 6.07) is 2.01. The van der Waals surface area contributed by atoms with Gasteiger partial charge in [-0.05, 0) is 19.9 Å². The van der Waals surface area contributed by atoms with Crippen LogP contribution >= 0.6 is 0 Å². The van der Waals surface area contributed by atoms with Crippen molar-refractivity contribution in [2.24, 2.45) is 0 Å². The van der Waals surface area contributed by atoms with Crippen molar-refractivity contribution in [3.8, 4) is 0 Å².